The molecule has 0 spiro atoms. The Morgan fingerprint density at radius 3 is 2.80 bits per heavy atom. The molecule has 0 unspecified atom stereocenters. The summed E-state index contributed by atoms with van der Waals surface area (Å²) in [5.41, 5.74) is 2.12. The molecule has 2 rings (SSSR count). The van der Waals surface area contributed by atoms with Crippen LogP contribution in [0.2, 0.25) is 0 Å². The Kier molecular flexibility index (Phi) is 2.73. The van der Waals surface area contributed by atoms with Gasteiger partial charge in [0.05, 0.1) is 23.7 Å². The van der Waals surface area contributed by atoms with Gasteiger partial charge in [-0.15, -0.1) is 0 Å². The number of para-hydroxylation sites is 2. The molecule has 3 heteroatoms. The van der Waals surface area contributed by atoms with Gasteiger partial charge in [0.2, 0.25) is 0 Å². The molecule has 1 aromatic heterocycles. The molecule has 80 valence electrons. The van der Waals surface area contributed by atoms with Crippen molar-refractivity contribution in [3.8, 4) is 0 Å². The van der Waals surface area contributed by atoms with Gasteiger partial charge in [0.25, 0.3) is 0 Å². The summed E-state index contributed by atoms with van der Waals surface area (Å²) in [6.45, 7) is 4.50. The van der Waals surface area contributed by atoms with Crippen molar-refractivity contribution in [2.45, 2.75) is 32.9 Å². The largest absolute Gasteiger partial charge is 0.392 e. The van der Waals surface area contributed by atoms with E-state index in [2.05, 4.69) is 16.5 Å². The lowest BCUT2D eigenvalue weighted by molar-refractivity contribution is 0.174. The molecule has 0 amide bonds. The Hall–Kier alpha value is -1.35. The van der Waals surface area contributed by atoms with Gasteiger partial charge < -0.3 is 9.67 Å². The highest BCUT2D eigenvalue weighted by Crippen LogP contribution is 2.16. The van der Waals surface area contributed by atoms with E-state index in [-0.39, 0.29) is 6.10 Å². The third-order valence-corrected chi connectivity index (χ3v) is 2.50. The second kappa shape index (κ2) is 4.03. The molecule has 1 heterocycles. The van der Waals surface area contributed by atoms with Crippen molar-refractivity contribution >= 4 is 11.0 Å². The van der Waals surface area contributed by atoms with E-state index in [1.54, 1.807) is 6.92 Å². The molecule has 0 aliphatic heterocycles. The standard InChI is InChI=1S/C12H16N2O/c1-3-12-13-10-6-4-5-7-11(10)14(12)8-9(2)15/h4-7,9,15H,3,8H2,1-2H3/t9-/m0/s1. The zero-order valence-corrected chi connectivity index (χ0v) is 9.14. The van der Waals surface area contributed by atoms with Crippen LogP contribution < -0.4 is 0 Å². The first-order valence-corrected chi connectivity index (χ1v) is 5.34. The van der Waals surface area contributed by atoms with Crippen LogP contribution in [-0.2, 0) is 13.0 Å². The number of fused-ring (bicyclic) bond motifs is 1. The maximum atomic E-state index is 9.45. The molecule has 0 radical (unpaired) electrons. The van der Waals surface area contributed by atoms with Crippen molar-refractivity contribution in [1.29, 1.82) is 0 Å². The van der Waals surface area contributed by atoms with Gasteiger partial charge in [-0.2, -0.15) is 0 Å². The monoisotopic (exact) mass is 204 g/mol. The fourth-order valence-electron chi connectivity index (χ4n) is 1.86. The number of hydrogen-bond donors (Lipinski definition) is 1. The van der Waals surface area contributed by atoms with E-state index in [0.717, 1.165) is 23.3 Å². The molecular weight excluding hydrogens is 188 g/mol. The lowest BCUT2D eigenvalue weighted by atomic mass is 10.3. The number of benzene rings is 1. The molecule has 0 fully saturated rings. The van der Waals surface area contributed by atoms with Crippen molar-refractivity contribution in [2.24, 2.45) is 0 Å². The molecule has 0 saturated carbocycles. The molecule has 15 heavy (non-hydrogen) atoms. The fourth-order valence-corrected chi connectivity index (χ4v) is 1.86. The van der Waals surface area contributed by atoms with Crippen molar-refractivity contribution in [3.05, 3.63) is 30.1 Å². The molecule has 0 bridgehead atoms. The van der Waals surface area contributed by atoms with Crippen LogP contribution in [0, 0.1) is 0 Å². The van der Waals surface area contributed by atoms with Crippen molar-refractivity contribution in [3.63, 3.8) is 0 Å². The second-order valence-corrected chi connectivity index (χ2v) is 3.83. The minimum atomic E-state index is -0.340. The molecule has 1 atom stereocenters. The molecule has 0 saturated heterocycles. The topological polar surface area (TPSA) is 38.0 Å². The van der Waals surface area contributed by atoms with Crippen LogP contribution in [0.25, 0.3) is 11.0 Å². The van der Waals surface area contributed by atoms with Crippen LogP contribution in [0.4, 0.5) is 0 Å². The third-order valence-electron chi connectivity index (χ3n) is 2.50. The van der Waals surface area contributed by atoms with Gasteiger partial charge in [0, 0.05) is 6.42 Å². The van der Waals surface area contributed by atoms with Crippen LogP contribution in [-0.4, -0.2) is 20.8 Å². The van der Waals surface area contributed by atoms with Crippen LogP contribution in [0.3, 0.4) is 0 Å². The molecule has 0 aliphatic carbocycles. The van der Waals surface area contributed by atoms with E-state index in [1.165, 1.54) is 0 Å². The van der Waals surface area contributed by atoms with Crippen molar-refractivity contribution < 1.29 is 5.11 Å². The van der Waals surface area contributed by atoms with Gasteiger partial charge in [-0.05, 0) is 19.1 Å². The van der Waals surface area contributed by atoms with Gasteiger partial charge >= 0.3 is 0 Å². The average Bonchev–Trinajstić information content (AvgIpc) is 2.56. The summed E-state index contributed by atoms with van der Waals surface area (Å²) >= 11 is 0. The summed E-state index contributed by atoms with van der Waals surface area (Å²) in [4.78, 5) is 4.54. The van der Waals surface area contributed by atoms with Gasteiger partial charge in [0.15, 0.2) is 0 Å². The predicted molar refractivity (Wildman–Crippen MR) is 60.8 cm³/mol. The summed E-state index contributed by atoms with van der Waals surface area (Å²) in [7, 11) is 0. The summed E-state index contributed by atoms with van der Waals surface area (Å²) in [6.07, 6.45) is 0.550. The normalized spacial score (nSPS) is 13.3. The van der Waals surface area contributed by atoms with Gasteiger partial charge in [-0.3, -0.25) is 0 Å². The Labute approximate surface area is 89.4 Å². The molecule has 1 N–H and O–H groups in total. The summed E-state index contributed by atoms with van der Waals surface area (Å²) < 4.78 is 2.10. The summed E-state index contributed by atoms with van der Waals surface area (Å²) in [5.74, 6) is 1.04. The van der Waals surface area contributed by atoms with Gasteiger partial charge in [-0.1, -0.05) is 19.1 Å². The van der Waals surface area contributed by atoms with E-state index < -0.39 is 0 Å². The average molecular weight is 204 g/mol. The quantitative estimate of drug-likeness (QED) is 0.830. The Balaban J connectivity index is 2.56. The first-order valence-electron chi connectivity index (χ1n) is 5.34. The smallest absolute Gasteiger partial charge is 0.109 e. The maximum Gasteiger partial charge on any atom is 0.109 e. The molecular formula is C12H16N2O. The van der Waals surface area contributed by atoms with Crippen molar-refractivity contribution in [2.75, 3.05) is 0 Å². The number of aliphatic hydroxyl groups excluding tert-OH is 1. The number of hydrogen-bond acceptors (Lipinski definition) is 2. The minimum Gasteiger partial charge on any atom is -0.392 e. The summed E-state index contributed by atoms with van der Waals surface area (Å²) in [5, 5.41) is 9.45. The Morgan fingerprint density at radius 2 is 2.13 bits per heavy atom. The van der Waals surface area contributed by atoms with E-state index in [4.69, 9.17) is 0 Å². The molecule has 3 nitrogen and oxygen atoms in total. The zero-order valence-electron chi connectivity index (χ0n) is 9.14. The Bertz CT molecular complexity index is 460. The van der Waals surface area contributed by atoms with E-state index in [1.807, 2.05) is 24.3 Å². The highest BCUT2D eigenvalue weighted by atomic mass is 16.3. The number of imidazole rings is 1. The number of rotatable bonds is 3. The van der Waals surface area contributed by atoms with Crippen LogP contribution in [0.15, 0.2) is 24.3 Å². The fraction of sp³-hybridized carbons (Fsp3) is 0.417. The van der Waals surface area contributed by atoms with E-state index in [0.29, 0.717) is 6.54 Å². The van der Waals surface area contributed by atoms with Crippen molar-refractivity contribution in [1.82, 2.24) is 9.55 Å². The van der Waals surface area contributed by atoms with Crippen LogP contribution in [0.1, 0.15) is 19.7 Å². The SMILES string of the molecule is CCc1nc2ccccc2n1C[C@H](C)O. The lowest BCUT2D eigenvalue weighted by Gasteiger charge is -2.09. The molecule has 0 aliphatic rings. The Morgan fingerprint density at radius 1 is 1.40 bits per heavy atom. The molecule has 1 aromatic carbocycles. The van der Waals surface area contributed by atoms with E-state index >= 15 is 0 Å². The molecule has 2 aromatic rings. The van der Waals surface area contributed by atoms with Gasteiger partial charge in [-0.25, -0.2) is 4.98 Å². The van der Waals surface area contributed by atoms with Crippen LogP contribution in [0.5, 0.6) is 0 Å². The van der Waals surface area contributed by atoms with Crippen LogP contribution >= 0.6 is 0 Å². The summed E-state index contributed by atoms with van der Waals surface area (Å²) in [6, 6.07) is 8.04. The zero-order chi connectivity index (χ0) is 10.8. The third kappa shape index (κ3) is 1.88. The van der Waals surface area contributed by atoms with Gasteiger partial charge in [0.1, 0.15) is 5.82 Å². The maximum absolute atomic E-state index is 9.45. The number of nitrogens with zero attached hydrogens (tertiary/aromatic N) is 2. The highest BCUT2D eigenvalue weighted by molar-refractivity contribution is 5.75. The first-order chi connectivity index (χ1) is 7.22. The highest BCUT2D eigenvalue weighted by Gasteiger charge is 2.09. The van der Waals surface area contributed by atoms with E-state index in [9.17, 15) is 5.11 Å². The number of aryl methyl sites for hydroxylation is 1. The second-order valence-electron chi connectivity index (χ2n) is 3.83. The first kappa shape index (κ1) is 10.2. The number of aliphatic hydroxyl groups is 1. The predicted octanol–water partition coefficient (Wildman–Crippen LogP) is 1.98. The number of aromatic nitrogens is 2. The minimum absolute atomic E-state index is 0.340. The lowest BCUT2D eigenvalue weighted by Crippen LogP contribution is -2.13.